The molecule has 1 aromatic heterocycles. The smallest absolute Gasteiger partial charge is 0.246 e. The molecule has 2 unspecified atom stereocenters. The SMILES string of the molecule is NC1CNNC1C(=O)Nc1ncc[nH]1. The molecule has 1 amide bonds. The van der Waals surface area contributed by atoms with Crippen LogP contribution in [0.25, 0.3) is 0 Å². The molecule has 1 aromatic rings. The highest BCUT2D eigenvalue weighted by atomic mass is 16.2. The summed E-state index contributed by atoms with van der Waals surface area (Å²) in [6, 6.07) is -0.634. The Morgan fingerprint density at radius 3 is 3.14 bits per heavy atom. The summed E-state index contributed by atoms with van der Waals surface area (Å²) in [6.45, 7) is 0.580. The molecule has 1 aliphatic heterocycles. The van der Waals surface area contributed by atoms with Crippen molar-refractivity contribution in [2.75, 3.05) is 11.9 Å². The minimum absolute atomic E-state index is 0.197. The lowest BCUT2D eigenvalue weighted by molar-refractivity contribution is -0.118. The van der Waals surface area contributed by atoms with Gasteiger partial charge in [-0.2, -0.15) is 0 Å². The van der Waals surface area contributed by atoms with Crippen LogP contribution in [0.5, 0.6) is 0 Å². The number of amides is 1. The van der Waals surface area contributed by atoms with Crippen LogP contribution in [0.1, 0.15) is 0 Å². The minimum Gasteiger partial charge on any atom is -0.331 e. The van der Waals surface area contributed by atoms with Crippen LogP contribution in [-0.4, -0.2) is 34.5 Å². The molecule has 0 aromatic carbocycles. The third-order valence-corrected chi connectivity index (χ3v) is 2.05. The number of nitrogens with one attached hydrogen (secondary N) is 4. The fourth-order valence-corrected chi connectivity index (χ4v) is 1.30. The molecule has 0 spiro atoms. The first-order valence-electron chi connectivity index (χ1n) is 4.31. The van der Waals surface area contributed by atoms with E-state index in [0.29, 0.717) is 12.5 Å². The number of H-pyrrole nitrogens is 1. The maximum absolute atomic E-state index is 11.6. The maximum Gasteiger partial charge on any atom is 0.246 e. The number of carbonyl (C=O) groups excluding carboxylic acids is 1. The van der Waals surface area contributed by atoms with Gasteiger partial charge in [0.25, 0.3) is 0 Å². The van der Waals surface area contributed by atoms with Gasteiger partial charge in [-0.05, 0) is 0 Å². The number of anilines is 1. The molecule has 0 saturated carbocycles. The van der Waals surface area contributed by atoms with E-state index < -0.39 is 6.04 Å². The van der Waals surface area contributed by atoms with Crippen LogP contribution in [0.2, 0.25) is 0 Å². The van der Waals surface area contributed by atoms with E-state index in [1.807, 2.05) is 0 Å². The standard InChI is InChI=1S/C7H12N6O/c8-4-3-11-13-5(4)6(14)12-7-9-1-2-10-7/h1-2,4-5,11,13H,3,8H2,(H2,9,10,12,14). The van der Waals surface area contributed by atoms with E-state index in [4.69, 9.17) is 5.73 Å². The number of imidazole rings is 1. The number of nitrogens with two attached hydrogens (primary N) is 1. The Morgan fingerprint density at radius 1 is 1.71 bits per heavy atom. The Bertz CT molecular complexity index is 310. The topological polar surface area (TPSA) is 108 Å². The Hall–Kier alpha value is -1.44. The number of hydrogen-bond donors (Lipinski definition) is 5. The van der Waals surface area contributed by atoms with Crippen LogP contribution >= 0.6 is 0 Å². The number of rotatable bonds is 2. The summed E-state index contributed by atoms with van der Waals surface area (Å²) in [5.74, 6) is 0.230. The summed E-state index contributed by atoms with van der Waals surface area (Å²) < 4.78 is 0. The molecule has 1 saturated heterocycles. The number of carbonyl (C=O) groups is 1. The predicted molar refractivity (Wildman–Crippen MR) is 50.1 cm³/mol. The van der Waals surface area contributed by atoms with E-state index in [0.717, 1.165) is 0 Å². The lowest BCUT2D eigenvalue weighted by Crippen LogP contribution is -2.47. The van der Waals surface area contributed by atoms with Crippen LogP contribution in [0.4, 0.5) is 5.95 Å². The van der Waals surface area contributed by atoms with Crippen LogP contribution in [0.15, 0.2) is 12.4 Å². The first-order chi connectivity index (χ1) is 6.77. The predicted octanol–water partition coefficient (Wildman–Crippen LogP) is -1.85. The van der Waals surface area contributed by atoms with Gasteiger partial charge in [-0.1, -0.05) is 0 Å². The Morgan fingerprint density at radius 2 is 2.57 bits per heavy atom. The number of hydrazine groups is 1. The van der Waals surface area contributed by atoms with Gasteiger partial charge in [0.1, 0.15) is 6.04 Å². The van der Waals surface area contributed by atoms with Gasteiger partial charge in [-0.3, -0.25) is 15.5 Å². The highest BCUT2D eigenvalue weighted by Crippen LogP contribution is 2.01. The van der Waals surface area contributed by atoms with Crippen molar-refractivity contribution in [1.82, 2.24) is 20.8 Å². The number of hydrogen-bond acceptors (Lipinski definition) is 5. The van der Waals surface area contributed by atoms with Gasteiger partial charge in [-0.25, -0.2) is 10.4 Å². The lowest BCUT2D eigenvalue weighted by atomic mass is 10.1. The Labute approximate surface area is 80.4 Å². The fourth-order valence-electron chi connectivity index (χ4n) is 1.30. The second kappa shape index (κ2) is 3.74. The van der Waals surface area contributed by atoms with Gasteiger partial charge in [-0.15, -0.1) is 0 Å². The van der Waals surface area contributed by atoms with Crippen LogP contribution in [-0.2, 0) is 4.79 Å². The summed E-state index contributed by atoms with van der Waals surface area (Å²) in [4.78, 5) is 18.2. The third kappa shape index (κ3) is 1.74. The minimum atomic E-state index is -0.417. The van der Waals surface area contributed by atoms with E-state index in [1.165, 1.54) is 0 Å². The monoisotopic (exact) mass is 196 g/mol. The van der Waals surface area contributed by atoms with E-state index in [2.05, 4.69) is 26.1 Å². The zero-order valence-corrected chi connectivity index (χ0v) is 7.45. The highest BCUT2D eigenvalue weighted by molar-refractivity contribution is 5.94. The lowest BCUT2D eigenvalue weighted by Gasteiger charge is -2.12. The van der Waals surface area contributed by atoms with E-state index in [1.54, 1.807) is 12.4 Å². The molecule has 0 aliphatic carbocycles. The maximum atomic E-state index is 11.6. The molecule has 1 fully saturated rings. The van der Waals surface area contributed by atoms with Gasteiger partial charge >= 0.3 is 0 Å². The molecule has 0 radical (unpaired) electrons. The molecule has 7 nitrogen and oxygen atoms in total. The number of aromatic nitrogens is 2. The van der Waals surface area contributed by atoms with Crippen molar-refractivity contribution in [1.29, 1.82) is 0 Å². The van der Waals surface area contributed by atoms with Crippen LogP contribution in [0.3, 0.4) is 0 Å². The molecular formula is C7H12N6O. The van der Waals surface area contributed by atoms with Crippen molar-refractivity contribution >= 4 is 11.9 Å². The van der Waals surface area contributed by atoms with E-state index in [9.17, 15) is 4.79 Å². The summed E-state index contributed by atoms with van der Waals surface area (Å²) in [6.07, 6.45) is 3.20. The van der Waals surface area contributed by atoms with Gasteiger partial charge in [0, 0.05) is 25.0 Å². The molecular weight excluding hydrogens is 184 g/mol. The van der Waals surface area contributed by atoms with Gasteiger partial charge in [0.15, 0.2) is 0 Å². The molecule has 2 heterocycles. The molecule has 14 heavy (non-hydrogen) atoms. The molecule has 7 heteroatoms. The van der Waals surface area contributed by atoms with Crippen LogP contribution in [0, 0.1) is 0 Å². The summed E-state index contributed by atoms with van der Waals surface area (Å²) in [7, 11) is 0. The van der Waals surface area contributed by atoms with Crippen molar-refractivity contribution in [3.63, 3.8) is 0 Å². The van der Waals surface area contributed by atoms with E-state index >= 15 is 0 Å². The van der Waals surface area contributed by atoms with Crippen molar-refractivity contribution in [3.05, 3.63) is 12.4 Å². The van der Waals surface area contributed by atoms with Crippen LogP contribution < -0.4 is 21.9 Å². The highest BCUT2D eigenvalue weighted by Gasteiger charge is 2.30. The average molecular weight is 196 g/mol. The summed E-state index contributed by atoms with van der Waals surface area (Å²) in [5, 5.41) is 2.61. The fraction of sp³-hybridized carbons (Fsp3) is 0.429. The second-order valence-electron chi connectivity index (χ2n) is 3.09. The summed E-state index contributed by atoms with van der Waals surface area (Å²) >= 11 is 0. The molecule has 6 N–H and O–H groups in total. The van der Waals surface area contributed by atoms with Gasteiger partial charge in [0.05, 0.1) is 0 Å². The molecule has 2 rings (SSSR count). The van der Waals surface area contributed by atoms with Crippen molar-refractivity contribution in [3.8, 4) is 0 Å². The molecule has 1 aliphatic rings. The quantitative estimate of drug-likeness (QED) is 0.382. The second-order valence-corrected chi connectivity index (χ2v) is 3.09. The zero-order chi connectivity index (χ0) is 9.97. The van der Waals surface area contributed by atoms with Crippen molar-refractivity contribution in [2.24, 2.45) is 5.73 Å². The zero-order valence-electron chi connectivity index (χ0n) is 7.45. The Balaban J connectivity index is 1.95. The van der Waals surface area contributed by atoms with Crippen molar-refractivity contribution < 1.29 is 4.79 Å². The van der Waals surface area contributed by atoms with Gasteiger partial charge < -0.3 is 10.7 Å². The third-order valence-electron chi connectivity index (χ3n) is 2.05. The average Bonchev–Trinajstić information content (AvgIpc) is 2.75. The van der Waals surface area contributed by atoms with Crippen molar-refractivity contribution in [2.45, 2.75) is 12.1 Å². The normalized spacial score (nSPS) is 26.4. The molecule has 76 valence electrons. The number of nitrogens with zero attached hydrogens (tertiary/aromatic N) is 1. The van der Waals surface area contributed by atoms with E-state index in [-0.39, 0.29) is 11.9 Å². The largest absolute Gasteiger partial charge is 0.331 e. The first-order valence-corrected chi connectivity index (χ1v) is 4.31. The first kappa shape index (κ1) is 9.13. The Kier molecular flexibility index (Phi) is 2.44. The number of aromatic amines is 1. The molecule has 0 bridgehead atoms. The van der Waals surface area contributed by atoms with Gasteiger partial charge in [0.2, 0.25) is 11.9 Å². The summed E-state index contributed by atoms with van der Waals surface area (Å²) in [5.41, 5.74) is 11.3. The molecule has 2 atom stereocenters.